The molecule has 1 fully saturated rings. The van der Waals surface area contributed by atoms with Crippen LogP contribution in [0.4, 0.5) is 0 Å². The monoisotopic (exact) mass is 546 g/mol. The van der Waals surface area contributed by atoms with Crippen LogP contribution in [0.5, 0.6) is 11.5 Å². The Balaban J connectivity index is 1.62. The van der Waals surface area contributed by atoms with Gasteiger partial charge in [-0.25, -0.2) is 0 Å². The molecule has 4 aromatic carbocycles. The van der Waals surface area contributed by atoms with Gasteiger partial charge in [0.25, 0.3) is 0 Å². The van der Waals surface area contributed by atoms with Crippen LogP contribution in [0.3, 0.4) is 0 Å². The van der Waals surface area contributed by atoms with Gasteiger partial charge in [0.05, 0.1) is 0 Å². The summed E-state index contributed by atoms with van der Waals surface area (Å²) in [6, 6.07) is 33.1. The van der Waals surface area contributed by atoms with Gasteiger partial charge in [-0.05, 0) is 59.4 Å². The maximum atomic E-state index is 11.0. The number of phenols is 2. The van der Waals surface area contributed by atoms with Crippen molar-refractivity contribution in [1.82, 2.24) is 0 Å². The van der Waals surface area contributed by atoms with E-state index in [9.17, 15) is 10.2 Å². The predicted molar refractivity (Wildman–Crippen MR) is 173 cm³/mol. The summed E-state index contributed by atoms with van der Waals surface area (Å²) in [6.07, 6.45) is 17.7. The lowest BCUT2D eigenvalue weighted by molar-refractivity contribution is 0.390. The lowest BCUT2D eigenvalue weighted by Gasteiger charge is -2.37. The second-order valence-electron chi connectivity index (χ2n) is 12.0. The summed E-state index contributed by atoms with van der Waals surface area (Å²) < 4.78 is 0. The van der Waals surface area contributed by atoms with Crippen LogP contribution in [0.15, 0.2) is 97.1 Å². The fourth-order valence-corrected chi connectivity index (χ4v) is 6.86. The fraction of sp³-hybridized carbons (Fsp3) is 0.385. The van der Waals surface area contributed by atoms with Gasteiger partial charge in [0.15, 0.2) is 0 Å². The Morgan fingerprint density at radius 1 is 0.390 bits per heavy atom. The van der Waals surface area contributed by atoms with E-state index in [2.05, 4.69) is 48.5 Å². The summed E-state index contributed by atoms with van der Waals surface area (Å²) in [5.41, 5.74) is 6.19. The molecule has 0 bridgehead atoms. The van der Waals surface area contributed by atoms with E-state index in [4.69, 9.17) is 0 Å². The van der Waals surface area contributed by atoms with E-state index in [1.807, 2.05) is 48.5 Å². The molecule has 1 aliphatic rings. The van der Waals surface area contributed by atoms with Gasteiger partial charge in [-0.3, -0.25) is 0 Å². The van der Waals surface area contributed by atoms with Crippen molar-refractivity contribution in [1.29, 1.82) is 0 Å². The fourth-order valence-electron chi connectivity index (χ4n) is 6.86. The highest BCUT2D eigenvalue weighted by atomic mass is 16.3. The summed E-state index contributed by atoms with van der Waals surface area (Å²) in [5, 5.41) is 21.9. The van der Waals surface area contributed by atoms with E-state index >= 15 is 0 Å². The Kier molecular flexibility index (Phi) is 10.2. The molecule has 0 unspecified atom stereocenters. The van der Waals surface area contributed by atoms with Crippen molar-refractivity contribution in [2.75, 3.05) is 0 Å². The molecule has 0 heterocycles. The Labute approximate surface area is 247 Å². The molecule has 4 aromatic rings. The minimum Gasteiger partial charge on any atom is -0.507 e. The number of hydrogen-bond acceptors (Lipinski definition) is 2. The van der Waals surface area contributed by atoms with Crippen molar-refractivity contribution in [2.24, 2.45) is 0 Å². The predicted octanol–water partition coefficient (Wildman–Crippen LogP) is 11.2. The molecule has 0 saturated heterocycles. The second kappa shape index (κ2) is 14.4. The van der Waals surface area contributed by atoms with Crippen LogP contribution in [0.1, 0.15) is 101 Å². The van der Waals surface area contributed by atoms with Crippen molar-refractivity contribution in [3.8, 4) is 33.8 Å². The maximum absolute atomic E-state index is 11.0. The molecule has 2 nitrogen and oxygen atoms in total. The molecule has 0 aliphatic heterocycles. The first-order chi connectivity index (χ1) is 20.2. The maximum Gasteiger partial charge on any atom is 0.123 e. The summed E-state index contributed by atoms with van der Waals surface area (Å²) in [7, 11) is 0. The zero-order valence-corrected chi connectivity index (χ0v) is 24.5. The van der Waals surface area contributed by atoms with Gasteiger partial charge in [-0.15, -0.1) is 0 Å². The van der Waals surface area contributed by atoms with E-state index in [1.54, 1.807) is 0 Å². The van der Waals surface area contributed by atoms with Gasteiger partial charge < -0.3 is 10.2 Å². The number of rotatable bonds is 4. The van der Waals surface area contributed by atoms with Crippen LogP contribution in [0.25, 0.3) is 22.3 Å². The van der Waals surface area contributed by atoms with Crippen molar-refractivity contribution < 1.29 is 10.2 Å². The lowest BCUT2D eigenvalue weighted by atomic mass is 9.67. The molecular weight excluding hydrogens is 500 g/mol. The molecule has 2 N–H and O–H groups in total. The standard InChI is InChI=1S/C39H46O2/c40-37-25-23-33(29-35(37)31-19-13-11-14-20-31)39(27-17-9-7-5-3-1-2-4-6-8-10-18-28-39)34-24-26-38(41)36(30-34)32-21-15-12-16-22-32/h11-16,19-26,29-30,40-41H,1-10,17-18,27-28H2. The number of aromatic hydroxyl groups is 2. The molecule has 0 aromatic heterocycles. The Morgan fingerprint density at radius 3 is 1.10 bits per heavy atom. The zero-order valence-electron chi connectivity index (χ0n) is 24.5. The molecule has 0 atom stereocenters. The van der Waals surface area contributed by atoms with Crippen LogP contribution >= 0.6 is 0 Å². The van der Waals surface area contributed by atoms with Crippen LogP contribution < -0.4 is 0 Å². The first kappa shape index (κ1) is 29.0. The molecular formula is C39H46O2. The third-order valence-electron chi connectivity index (χ3n) is 9.22. The third kappa shape index (κ3) is 7.22. The van der Waals surface area contributed by atoms with Crippen LogP contribution in [0, 0.1) is 0 Å². The number of phenolic OH excluding ortho intramolecular Hbond substituents is 2. The molecule has 1 saturated carbocycles. The third-order valence-corrected chi connectivity index (χ3v) is 9.22. The van der Waals surface area contributed by atoms with Crippen LogP contribution in [0.2, 0.25) is 0 Å². The summed E-state index contributed by atoms with van der Waals surface area (Å²) in [5.74, 6) is 0.644. The lowest BCUT2D eigenvalue weighted by Crippen LogP contribution is -2.28. The largest absolute Gasteiger partial charge is 0.507 e. The molecule has 0 radical (unpaired) electrons. The van der Waals surface area contributed by atoms with Gasteiger partial charge in [0.2, 0.25) is 0 Å². The molecule has 41 heavy (non-hydrogen) atoms. The van der Waals surface area contributed by atoms with Crippen molar-refractivity contribution in [3.63, 3.8) is 0 Å². The van der Waals surface area contributed by atoms with Crippen molar-refractivity contribution in [3.05, 3.63) is 108 Å². The molecule has 5 rings (SSSR count). The smallest absolute Gasteiger partial charge is 0.123 e. The van der Waals surface area contributed by atoms with Gasteiger partial charge >= 0.3 is 0 Å². The quantitative estimate of drug-likeness (QED) is 0.267. The average Bonchev–Trinajstić information content (AvgIpc) is 3.02. The van der Waals surface area contributed by atoms with Gasteiger partial charge in [0, 0.05) is 16.5 Å². The Morgan fingerprint density at radius 2 is 0.732 bits per heavy atom. The Hall–Kier alpha value is -3.52. The molecule has 0 spiro atoms. The first-order valence-electron chi connectivity index (χ1n) is 16.0. The first-order valence-corrected chi connectivity index (χ1v) is 16.0. The second-order valence-corrected chi connectivity index (χ2v) is 12.0. The molecule has 0 amide bonds. The number of benzene rings is 4. The topological polar surface area (TPSA) is 40.5 Å². The summed E-state index contributed by atoms with van der Waals surface area (Å²) in [6.45, 7) is 0. The van der Waals surface area contributed by atoms with Crippen LogP contribution in [-0.4, -0.2) is 10.2 Å². The molecule has 1 aliphatic carbocycles. The van der Waals surface area contributed by atoms with E-state index in [-0.39, 0.29) is 5.41 Å². The minimum absolute atomic E-state index is 0.200. The van der Waals surface area contributed by atoms with Crippen molar-refractivity contribution >= 4 is 0 Å². The highest BCUT2D eigenvalue weighted by Crippen LogP contribution is 2.46. The zero-order chi connectivity index (χ0) is 28.3. The van der Waals surface area contributed by atoms with E-state index in [1.165, 1.54) is 88.2 Å². The van der Waals surface area contributed by atoms with Gasteiger partial charge in [0.1, 0.15) is 11.5 Å². The Bertz CT molecular complexity index is 1250. The van der Waals surface area contributed by atoms with Gasteiger partial charge in [-0.1, -0.05) is 150 Å². The van der Waals surface area contributed by atoms with E-state index in [0.29, 0.717) is 11.5 Å². The van der Waals surface area contributed by atoms with Crippen molar-refractivity contribution in [2.45, 2.75) is 95.3 Å². The van der Waals surface area contributed by atoms with Gasteiger partial charge in [-0.2, -0.15) is 0 Å². The van der Waals surface area contributed by atoms with E-state index < -0.39 is 0 Å². The number of hydrogen-bond donors (Lipinski definition) is 2. The van der Waals surface area contributed by atoms with E-state index in [0.717, 1.165) is 35.1 Å². The molecule has 2 heteroatoms. The summed E-state index contributed by atoms with van der Waals surface area (Å²) >= 11 is 0. The normalized spacial score (nSPS) is 17.3. The minimum atomic E-state index is -0.200. The van der Waals surface area contributed by atoms with Crippen LogP contribution in [-0.2, 0) is 5.41 Å². The average molecular weight is 547 g/mol. The SMILES string of the molecule is Oc1ccc(C2(c3ccc(O)c(-c4ccccc4)c3)CCCCCCCCCCCCCC2)cc1-c1ccccc1. The molecule has 214 valence electrons. The highest BCUT2D eigenvalue weighted by molar-refractivity contribution is 5.73. The summed E-state index contributed by atoms with van der Waals surface area (Å²) in [4.78, 5) is 0. The highest BCUT2D eigenvalue weighted by Gasteiger charge is 2.35.